The molecule has 1 rings (SSSR count). The summed E-state index contributed by atoms with van der Waals surface area (Å²) in [6.07, 6.45) is 1.09. The zero-order valence-electron chi connectivity index (χ0n) is 11.9. The minimum absolute atomic E-state index is 0.124. The van der Waals surface area contributed by atoms with Gasteiger partial charge in [-0.05, 0) is 74.3 Å². The summed E-state index contributed by atoms with van der Waals surface area (Å²) in [4.78, 5) is 4.39. The molecule has 19 heavy (non-hydrogen) atoms. The average Bonchev–Trinajstić information content (AvgIpc) is 2.34. The van der Waals surface area contributed by atoms with Gasteiger partial charge in [-0.15, -0.1) is 0 Å². The van der Waals surface area contributed by atoms with E-state index in [1.165, 1.54) is 6.07 Å². The van der Waals surface area contributed by atoms with Crippen molar-refractivity contribution in [1.29, 1.82) is 0 Å². The van der Waals surface area contributed by atoms with Crippen LogP contribution in [0.15, 0.2) is 22.7 Å². The van der Waals surface area contributed by atoms with Crippen molar-refractivity contribution in [3.05, 3.63) is 34.1 Å². The molecule has 0 saturated carbocycles. The highest BCUT2D eigenvalue weighted by molar-refractivity contribution is 9.10. The number of hydrogen-bond acceptors (Lipinski definition) is 3. The molecule has 0 aliphatic heterocycles. The molecule has 0 amide bonds. The smallest absolute Gasteiger partial charge is 0.137 e. The Bertz CT molecular complexity index is 398. The summed E-state index contributed by atoms with van der Waals surface area (Å²) < 4.78 is 13.8. The first kappa shape index (κ1) is 16.6. The molecule has 0 heterocycles. The lowest BCUT2D eigenvalue weighted by molar-refractivity contribution is 0.235. The minimum Gasteiger partial charge on any atom is -0.329 e. The molecular weight excluding hydrogens is 309 g/mol. The number of nitrogens with zero attached hydrogens (tertiary/aromatic N) is 2. The lowest BCUT2D eigenvalue weighted by atomic mass is 10.1. The number of benzene rings is 1. The molecule has 0 aliphatic rings. The van der Waals surface area contributed by atoms with Crippen molar-refractivity contribution in [2.24, 2.45) is 5.73 Å². The summed E-state index contributed by atoms with van der Waals surface area (Å²) >= 11 is 3.22. The van der Waals surface area contributed by atoms with E-state index in [2.05, 4.69) is 46.9 Å². The van der Waals surface area contributed by atoms with Crippen LogP contribution >= 0.6 is 15.9 Å². The summed E-state index contributed by atoms with van der Waals surface area (Å²) in [5.74, 6) is -0.241. The van der Waals surface area contributed by atoms with Crippen molar-refractivity contribution >= 4 is 15.9 Å². The third kappa shape index (κ3) is 5.18. The largest absolute Gasteiger partial charge is 0.329 e. The molecule has 3 nitrogen and oxygen atoms in total. The van der Waals surface area contributed by atoms with Crippen LogP contribution in [0, 0.1) is 5.82 Å². The summed E-state index contributed by atoms with van der Waals surface area (Å²) in [6.45, 7) is 2.54. The van der Waals surface area contributed by atoms with Crippen LogP contribution in [0.4, 0.5) is 4.39 Å². The van der Waals surface area contributed by atoms with Crippen molar-refractivity contribution < 1.29 is 4.39 Å². The van der Waals surface area contributed by atoms with Crippen LogP contribution in [0.2, 0.25) is 0 Å². The lowest BCUT2D eigenvalue weighted by Crippen LogP contribution is -2.32. The lowest BCUT2D eigenvalue weighted by Gasteiger charge is -2.28. The Morgan fingerprint density at radius 1 is 1.26 bits per heavy atom. The van der Waals surface area contributed by atoms with Gasteiger partial charge in [-0.3, -0.25) is 4.90 Å². The third-order valence-electron chi connectivity index (χ3n) is 3.20. The first-order chi connectivity index (χ1) is 8.95. The molecule has 0 aliphatic carbocycles. The maximum absolute atomic E-state index is 13.3. The molecular formula is C14H23BrFN3. The van der Waals surface area contributed by atoms with Crippen LogP contribution in [0.25, 0.3) is 0 Å². The number of rotatable bonds is 7. The van der Waals surface area contributed by atoms with Crippen molar-refractivity contribution in [1.82, 2.24) is 9.80 Å². The van der Waals surface area contributed by atoms with Gasteiger partial charge in [0.1, 0.15) is 5.82 Å². The third-order valence-corrected chi connectivity index (χ3v) is 3.81. The van der Waals surface area contributed by atoms with Gasteiger partial charge in [-0.1, -0.05) is 6.07 Å². The van der Waals surface area contributed by atoms with E-state index in [0.29, 0.717) is 11.0 Å². The van der Waals surface area contributed by atoms with Crippen LogP contribution in [0.3, 0.4) is 0 Å². The van der Waals surface area contributed by atoms with E-state index in [1.54, 1.807) is 6.07 Å². The zero-order valence-corrected chi connectivity index (χ0v) is 13.5. The topological polar surface area (TPSA) is 32.5 Å². The highest BCUT2D eigenvalue weighted by Gasteiger charge is 2.16. The van der Waals surface area contributed by atoms with Gasteiger partial charge in [-0.25, -0.2) is 4.39 Å². The molecule has 1 aromatic carbocycles. The number of hydrogen-bond donors (Lipinski definition) is 1. The second kappa shape index (κ2) is 7.94. The van der Waals surface area contributed by atoms with E-state index < -0.39 is 0 Å². The van der Waals surface area contributed by atoms with Crippen molar-refractivity contribution in [2.45, 2.75) is 12.5 Å². The van der Waals surface area contributed by atoms with Gasteiger partial charge < -0.3 is 10.6 Å². The predicted octanol–water partition coefficient (Wildman–Crippen LogP) is 2.47. The van der Waals surface area contributed by atoms with Crippen LogP contribution in [0.1, 0.15) is 18.0 Å². The van der Waals surface area contributed by atoms with Gasteiger partial charge in [0.25, 0.3) is 0 Å². The van der Waals surface area contributed by atoms with E-state index in [0.717, 1.165) is 25.1 Å². The highest BCUT2D eigenvalue weighted by atomic mass is 79.9. The number of nitrogens with two attached hydrogens (primary N) is 1. The average molecular weight is 332 g/mol. The van der Waals surface area contributed by atoms with E-state index in [1.807, 2.05) is 6.07 Å². The quantitative estimate of drug-likeness (QED) is 0.833. The van der Waals surface area contributed by atoms with Gasteiger partial charge in [0.05, 0.1) is 4.47 Å². The fourth-order valence-electron chi connectivity index (χ4n) is 2.08. The normalized spacial score (nSPS) is 13.3. The van der Waals surface area contributed by atoms with E-state index in [-0.39, 0.29) is 11.9 Å². The Balaban J connectivity index is 2.67. The van der Waals surface area contributed by atoms with Gasteiger partial charge in [0.2, 0.25) is 0 Å². The Morgan fingerprint density at radius 3 is 2.47 bits per heavy atom. The summed E-state index contributed by atoms with van der Waals surface area (Å²) in [7, 11) is 6.19. The van der Waals surface area contributed by atoms with Gasteiger partial charge in [-0.2, -0.15) is 0 Å². The monoisotopic (exact) mass is 331 g/mol. The fraction of sp³-hybridized carbons (Fsp3) is 0.571. The maximum atomic E-state index is 13.3. The zero-order chi connectivity index (χ0) is 14.4. The van der Waals surface area contributed by atoms with Crippen LogP contribution in [-0.2, 0) is 0 Å². The number of halogens is 2. The van der Waals surface area contributed by atoms with Crippen LogP contribution < -0.4 is 5.73 Å². The molecule has 2 N–H and O–H groups in total. The Morgan fingerprint density at radius 2 is 1.95 bits per heavy atom. The molecule has 0 saturated heterocycles. The van der Waals surface area contributed by atoms with E-state index >= 15 is 0 Å². The second-order valence-electron chi connectivity index (χ2n) is 5.06. The Kier molecular flexibility index (Phi) is 6.93. The SMILES string of the molecule is CN(C)CCCN(C)C(CN)c1ccc(F)c(Br)c1. The Labute approximate surface area is 123 Å². The summed E-state index contributed by atoms with van der Waals surface area (Å²) in [6, 6.07) is 5.23. The molecule has 0 radical (unpaired) electrons. The van der Waals surface area contributed by atoms with Crippen LogP contribution in [0.5, 0.6) is 0 Å². The second-order valence-corrected chi connectivity index (χ2v) is 5.92. The summed E-state index contributed by atoms with van der Waals surface area (Å²) in [5.41, 5.74) is 6.91. The molecule has 0 spiro atoms. The summed E-state index contributed by atoms with van der Waals surface area (Å²) in [5, 5.41) is 0. The van der Waals surface area contributed by atoms with Crippen molar-refractivity contribution in [3.8, 4) is 0 Å². The molecule has 0 bridgehead atoms. The molecule has 1 atom stereocenters. The maximum Gasteiger partial charge on any atom is 0.137 e. The van der Waals surface area contributed by atoms with E-state index in [9.17, 15) is 4.39 Å². The highest BCUT2D eigenvalue weighted by Crippen LogP contribution is 2.24. The fourth-order valence-corrected chi connectivity index (χ4v) is 2.48. The molecule has 1 aromatic rings. The van der Waals surface area contributed by atoms with Gasteiger partial charge in [0.15, 0.2) is 0 Å². The van der Waals surface area contributed by atoms with Gasteiger partial charge in [0, 0.05) is 12.6 Å². The Hall–Kier alpha value is -0.490. The predicted molar refractivity (Wildman–Crippen MR) is 81.7 cm³/mol. The first-order valence-electron chi connectivity index (χ1n) is 6.45. The molecule has 0 aromatic heterocycles. The van der Waals surface area contributed by atoms with Crippen molar-refractivity contribution in [3.63, 3.8) is 0 Å². The number of likely N-dealkylation sites (N-methyl/N-ethyl adjacent to an activating group) is 1. The molecule has 108 valence electrons. The van der Waals surface area contributed by atoms with Crippen LogP contribution in [-0.4, -0.2) is 50.6 Å². The molecule has 5 heteroatoms. The van der Waals surface area contributed by atoms with Crippen molar-refractivity contribution in [2.75, 3.05) is 40.8 Å². The first-order valence-corrected chi connectivity index (χ1v) is 7.25. The standard InChI is InChI=1S/C14H23BrFN3/c1-18(2)7-4-8-19(3)14(10-17)11-5-6-13(16)12(15)9-11/h5-6,9,14H,4,7-8,10,17H2,1-3H3. The van der Waals surface area contributed by atoms with E-state index in [4.69, 9.17) is 5.73 Å². The van der Waals surface area contributed by atoms with Gasteiger partial charge >= 0.3 is 0 Å². The molecule has 0 fully saturated rings. The molecule has 1 unspecified atom stereocenters. The minimum atomic E-state index is -0.241.